The zero-order valence-electron chi connectivity index (χ0n) is 18.6. The van der Waals surface area contributed by atoms with Crippen LogP contribution in [0.3, 0.4) is 0 Å². The van der Waals surface area contributed by atoms with Crippen molar-refractivity contribution in [3.8, 4) is 0 Å². The Kier molecular flexibility index (Phi) is 6.34. The number of Topliss-reactive ketones (excluding diaryl/α,β-unsaturated/α-hetero) is 1. The summed E-state index contributed by atoms with van der Waals surface area (Å²) in [6, 6.07) is 15.3. The summed E-state index contributed by atoms with van der Waals surface area (Å²) in [5.41, 5.74) is 3.38. The molecule has 2 aromatic heterocycles. The molecule has 1 N–H and O–H groups in total. The molecule has 0 aliphatic carbocycles. The number of sulfonamides is 1. The lowest BCUT2D eigenvalue weighted by Gasteiger charge is -2.22. The van der Waals surface area contributed by atoms with Crippen LogP contribution in [0, 0.1) is 13.8 Å². The molecule has 170 valence electrons. The maximum atomic E-state index is 13.6. The van der Waals surface area contributed by atoms with Crippen molar-refractivity contribution < 1.29 is 13.2 Å². The second kappa shape index (κ2) is 9.05. The number of fused-ring (bicyclic) bond motifs is 1. The van der Waals surface area contributed by atoms with Gasteiger partial charge in [0.25, 0.3) is 5.56 Å². The molecule has 2 aromatic carbocycles. The van der Waals surface area contributed by atoms with Gasteiger partial charge in [0.15, 0.2) is 5.78 Å². The summed E-state index contributed by atoms with van der Waals surface area (Å²) in [6.45, 7) is 5.47. The maximum absolute atomic E-state index is 13.6. The minimum atomic E-state index is -3.93. The fourth-order valence-electron chi connectivity index (χ4n) is 3.64. The molecule has 6 nitrogen and oxygen atoms in total. The highest BCUT2D eigenvalue weighted by atomic mass is 32.2. The number of thiophene rings is 1. The number of ketones is 1. The summed E-state index contributed by atoms with van der Waals surface area (Å²) < 4.78 is 28.4. The van der Waals surface area contributed by atoms with E-state index in [1.54, 1.807) is 6.07 Å². The molecule has 0 saturated heterocycles. The molecule has 0 saturated carbocycles. The van der Waals surface area contributed by atoms with Gasteiger partial charge in [-0.15, -0.1) is 11.3 Å². The number of benzene rings is 2. The van der Waals surface area contributed by atoms with Crippen LogP contribution in [0.1, 0.15) is 38.8 Å². The van der Waals surface area contributed by atoms with E-state index in [9.17, 15) is 18.0 Å². The molecule has 0 unspecified atom stereocenters. The molecule has 4 rings (SSSR count). The van der Waals surface area contributed by atoms with Gasteiger partial charge in [0.2, 0.25) is 10.0 Å². The summed E-state index contributed by atoms with van der Waals surface area (Å²) in [7, 11) is -3.93. The maximum Gasteiger partial charge on any atom is 0.252 e. The minimum Gasteiger partial charge on any atom is -0.322 e. The van der Waals surface area contributed by atoms with Crippen molar-refractivity contribution in [1.29, 1.82) is 0 Å². The Morgan fingerprint density at radius 1 is 1.00 bits per heavy atom. The molecular formula is C25H24N2O4S2. The third-order valence-corrected chi connectivity index (χ3v) is 8.36. The predicted octanol–water partition coefficient (Wildman–Crippen LogP) is 4.80. The Hall–Kier alpha value is -3.07. The van der Waals surface area contributed by atoms with E-state index in [-0.39, 0.29) is 29.3 Å². The average Bonchev–Trinajstić information content (AvgIpc) is 3.28. The number of carbonyl (C=O) groups is 1. The molecule has 0 aliphatic heterocycles. The van der Waals surface area contributed by atoms with Crippen molar-refractivity contribution in [3.63, 3.8) is 0 Å². The van der Waals surface area contributed by atoms with Crippen LogP contribution in [0.15, 0.2) is 69.7 Å². The fourth-order valence-corrected chi connectivity index (χ4v) is 5.84. The van der Waals surface area contributed by atoms with Crippen molar-refractivity contribution in [3.05, 3.63) is 97.5 Å². The van der Waals surface area contributed by atoms with Crippen LogP contribution in [0.2, 0.25) is 0 Å². The normalized spacial score (nSPS) is 11.9. The Morgan fingerprint density at radius 3 is 2.33 bits per heavy atom. The number of hydrogen-bond donors (Lipinski definition) is 1. The number of rotatable bonds is 7. The predicted molar refractivity (Wildman–Crippen MR) is 131 cm³/mol. The number of pyridine rings is 1. The average molecular weight is 481 g/mol. The summed E-state index contributed by atoms with van der Waals surface area (Å²) >= 11 is 1.45. The van der Waals surface area contributed by atoms with Crippen LogP contribution in [-0.4, -0.2) is 23.5 Å². The topological polar surface area (TPSA) is 87.3 Å². The first kappa shape index (κ1) is 23.1. The number of nitrogens with zero attached hydrogens (tertiary/aromatic N) is 1. The molecule has 0 aliphatic rings. The van der Waals surface area contributed by atoms with Crippen molar-refractivity contribution in [1.82, 2.24) is 9.29 Å². The lowest BCUT2D eigenvalue weighted by atomic mass is 10.1. The zero-order valence-corrected chi connectivity index (χ0v) is 20.2. The zero-order chi connectivity index (χ0) is 23.8. The monoisotopic (exact) mass is 480 g/mol. The van der Waals surface area contributed by atoms with Gasteiger partial charge < -0.3 is 4.98 Å². The highest BCUT2D eigenvalue weighted by molar-refractivity contribution is 7.89. The highest BCUT2D eigenvalue weighted by Crippen LogP contribution is 2.24. The van der Waals surface area contributed by atoms with E-state index in [2.05, 4.69) is 4.98 Å². The third-order valence-electron chi connectivity index (χ3n) is 5.69. The van der Waals surface area contributed by atoms with Crippen LogP contribution in [-0.2, 0) is 23.1 Å². The lowest BCUT2D eigenvalue weighted by molar-refractivity contribution is 0.101. The number of aromatic amines is 1. The number of hydrogen-bond acceptors (Lipinski definition) is 5. The van der Waals surface area contributed by atoms with Gasteiger partial charge in [0, 0.05) is 34.6 Å². The molecule has 0 atom stereocenters. The van der Waals surface area contributed by atoms with E-state index in [0.717, 1.165) is 26.9 Å². The van der Waals surface area contributed by atoms with Crippen LogP contribution in [0.4, 0.5) is 0 Å². The number of aromatic nitrogens is 1. The lowest BCUT2D eigenvalue weighted by Crippen LogP contribution is -2.32. The van der Waals surface area contributed by atoms with Gasteiger partial charge in [-0.3, -0.25) is 9.59 Å². The van der Waals surface area contributed by atoms with Gasteiger partial charge in [0.1, 0.15) is 0 Å². The standard InChI is InChI=1S/C25H24N2O4S2/c1-16-11-20-13-21(25(29)26-24(20)12-17(16)2)14-27(15-22-5-4-10-32-22)33(30,31)23-8-6-19(7-9-23)18(3)28/h4-13H,14-15H2,1-3H3,(H,26,29). The highest BCUT2D eigenvalue weighted by Gasteiger charge is 2.26. The van der Waals surface area contributed by atoms with Gasteiger partial charge in [-0.05, 0) is 79.1 Å². The number of aryl methyl sites for hydroxylation is 2. The van der Waals surface area contributed by atoms with Crippen LogP contribution < -0.4 is 5.56 Å². The van der Waals surface area contributed by atoms with E-state index in [1.807, 2.05) is 43.5 Å². The molecule has 0 fully saturated rings. The molecule has 8 heteroatoms. The van der Waals surface area contributed by atoms with E-state index in [0.29, 0.717) is 11.1 Å². The van der Waals surface area contributed by atoms with Crippen molar-refractivity contribution in [2.45, 2.75) is 38.8 Å². The Balaban J connectivity index is 1.76. The summed E-state index contributed by atoms with van der Waals surface area (Å²) in [5, 5.41) is 2.74. The van der Waals surface area contributed by atoms with Crippen LogP contribution >= 0.6 is 11.3 Å². The molecule has 33 heavy (non-hydrogen) atoms. The number of carbonyl (C=O) groups excluding carboxylic acids is 1. The van der Waals surface area contributed by atoms with Crippen LogP contribution in [0.25, 0.3) is 10.9 Å². The van der Waals surface area contributed by atoms with E-state index >= 15 is 0 Å². The number of nitrogens with one attached hydrogen (secondary N) is 1. The first-order chi connectivity index (χ1) is 15.6. The van der Waals surface area contributed by atoms with Gasteiger partial charge in [-0.2, -0.15) is 4.31 Å². The Morgan fingerprint density at radius 2 is 1.70 bits per heavy atom. The van der Waals surface area contributed by atoms with Crippen molar-refractivity contribution >= 4 is 38.0 Å². The van der Waals surface area contributed by atoms with Crippen LogP contribution in [0.5, 0.6) is 0 Å². The quantitative estimate of drug-likeness (QED) is 0.385. The van der Waals surface area contributed by atoms with E-state index in [1.165, 1.54) is 46.8 Å². The van der Waals surface area contributed by atoms with Gasteiger partial charge in [-0.1, -0.05) is 18.2 Å². The summed E-state index contributed by atoms with van der Waals surface area (Å²) in [6.07, 6.45) is 0. The SMILES string of the molecule is CC(=O)c1ccc(S(=O)(=O)N(Cc2cccs2)Cc2cc3cc(C)c(C)cc3[nH]c2=O)cc1. The Labute approximate surface area is 196 Å². The number of H-pyrrole nitrogens is 1. The molecule has 2 heterocycles. The van der Waals surface area contributed by atoms with Gasteiger partial charge in [0.05, 0.1) is 4.90 Å². The molecule has 0 spiro atoms. The fraction of sp³-hybridized carbons (Fsp3) is 0.200. The van der Waals surface area contributed by atoms with E-state index in [4.69, 9.17) is 0 Å². The smallest absolute Gasteiger partial charge is 0.252 e. The van der Waals surface area contributed by atoms with Gasteiger partial charge >= 0.3 is 0 Å². The second-order valence-corrected chi connectivity index (χ2v) is 11.1. The summed E-state index contributed by atoms with van der Waals surface area (Å²) in [5.74, 6) is -0.136. The molecule has 0 bridgehead atoms. The molecular weight excluding hydrogens is 456 g/mol. The first-order valence-corrected chi connectivity index (χ1v) is 12.7. The summed E-state index contributed by atoms with van der Waals surface area (Å²) in [4.78, 5) is 28.3. The minimum absolute atomic E-state index is 0.0765. The van der Waals surface area contributed by atoms with Gasteiger partial charge in [-0.25, -0.2) is 8.42 Å². The van der Waals surface area contributed by atoms with E-state index < -0.39 is 10.0 Å². The van der Waals surface area contributed by atoms with Crippen molar-refractivity contribution in [2.24, 2.45) is 0 Å². The molecule has 4 aromatic rings. The third kappa shape index (κ3) is 4.83. The molecule has 0 amide bonds. The first-order valence-electron chi connectivity index (χ1n) is 10.4. The second-order valence-electron chi connectivity index (χ2n) is 8.08. The Bertz CT molecular complexity index is 1490. The van der Waals surface area contributed by atoms with Crippen molar-refractivity contribution in [2.75, 3.05) is 0 Å². The largest absolute Gasteiger partial charge is 0.322 e. The molecule has 0 radical (unpaired) electrons.